The van der Waals surface area contributed by atoms with Crippen LogP contribution in [0.5, 0.6) is 0 Å². The van der Waals surface area contributed by atoms with Crippen molar-refractivity contribution in [2.45, 2.75) is 18.9 Å². The Morgan fingerprint density at radius 2 is 1.67 bits per heavy atom. The Hall–Kier alpha value is -1.24. The second-order valence-electron chi connectivity index (χ2n) is 4.29. The summed E-state index contributed by atoms with van der Waals surface area (Å²) in [6.07, 6.45) is 0.668. The minimum Gasteiger partial charge on any atom is -0.380 e. The van der Waals surface area contributed by atoms with Crippen LogP contribution >= 0.6 is 0 Å². The molecule has 0 aromatic heterocycles. The van der Waals surface area contributed by atoms with E-state index in [-0.39, 0.29) is 23.2 Å². The van der Waals surface area contributed by atoms with Crippen LogP contribution in [0.25, 0.3) is 0 Å². The van der Waals surface area contributed by atoms with E-state index in [0.29, 0.717) is 12.8 Å². The molecule has 0 atom stereocenters. The molecule has 1 aliphatic heterocycles. The zero-order chi connectivity index (χ0) is 13.3. The topological polar surface area (TPSA) is 46.2 Å². The third-order valence-corrected chi connectivity index (χ3v) is 4.66. The van der Waals surface area contributed by atoms with Gasteiger partial charge < -0.3 is 5.32 Å². The largest absolute Gasteiger partial charge is 0.380 e. The van der Waals surface area contributed by atoms with Crippen LogP contribution in [0, 0.1) is 17.5 Å². The lowest BCUT2D eigenvalue weighted by Crippen LogP contribution is -2.32. The second-order valence-corrected chi connectivity index (χ2v) is 6.60. The third-order valence-electron chi connectivity index (χ3n) is 2.95. The molecule has 3 nitrogen and oxygen atoms in total. The normalized spacial score (nSPS) is 19.7. The predicted molar refractivity (Wildman–Crippen MR) is 61.6 cm³/mol. The third kappa shape index (κ3) is 2.77. The van der Waals surface area contributed by atoms with Crippen molar-refractivity contribution in [2.24, 2.45) is 0 Å². The smallest absolute Gasteiger partial charge is 0.196 e. The van der Waals surface area contributed by atoms with Gasteiger partial charge in [-0.25, -0.2) is 21.6 Å². The monoisotopic (exact) mass is 279 g/mol. The van der Waals surface area contributed by atoms with Gasteiger partial charge in [0.1, 0.15) is 9.84 Å². The van der Waals surface area contributed by atoms with E-state index in [1.807, 2.05) is 0 Å². The highest BCUT2D eigenvalue weighted by Gasteiger charge is 2.24. The van der Waals surface area contributed by atoms with E-state index >= 15 is 0 Å². The molecule has 1 aliphatic rings. The molecule has 0 aliphatic carbocycles. The first kappa shape index (κ1) is 13.2. The molecule has 0 saturated carbocycles. The van der Waals surface area contributed by atoms with Gasteiger partial charge in [-0.15, -0.1) is 0 Å². The number of benzene rings is 1. The molecule has 2 rings (SSSR count). The van der Waals surface area contributed by atoms with Crippen molar-refractivity contribution in [2.75, 3.05) is 16.8 Å². The van der Waals surface area contributed by atoms with Gasteiger partial charge in [0, 0.05) is 6.04 Å². The minimum atomic E-state index is -3.00. The van der Waals surface area contributed by atoms with Crippen LogP contribution in [0.3, 0.4) is 0 Å². The summed E-state index contributed by atoms with van der Waals surface area (Å²) in [6, 6.07) is 1.70. The molecule has 1 heterocycles. The van der Waals surface area contributed by atoms with Crippen molar-refractivity contribution in [1.82, 2.24) is 0 Å². The molecule has 0 amide bonds. The average molecular weight is 279 g/mol. The van der Waals surface area contributed by atoms with Gasteiger partial charge in [0.25, 0.3) is 0 Å². The number of rotatable bonds is 2. The minimum absolute atomic E-state index is 0.0238. The lowest BCUT2D eigenvalue weighted by molar-refractivity contribution is 0.447. The summed E-state index contributed by atoms with van der Waals surface area (Å²) < 4.78 is 61.5. The summed E-state index contributed by atoms with van der Waals surface area (Å²) in [6.45, 7) is 0. The van der Waals surface area contributed by atoms with Gasteiger partial charge in [-0.05, 0) is 25.0 Å². The molecule has 1 aromatic carbocycles. The van der Waals surface area contributed by atoms with Crippen LogP contribution in [-0.2, 0) is 9.84 Å². The van der Waals surface area contributed by atoms with Gasteiger partial charge in [-0.3, -0.25) is 0 Å². The number of hydrogen-bond donors (Lipinski definition) is 1. The van der Waals surface area contributed by atoms with Crippen LogP contribution in [0.2, 0.25) is 0 Å². The van der Waals surface area contributed by atoms with E-state index < -0.39 is 27.3 Å². The molecule has 7 heteroatoms. The number of anilines is 1. The fraction of sp³-hybridized carbons (Fsp3) is 0.455. The molecule has 1 N–H and O–H groups in total. The average Bonchev–Trinajstić information content (AvgIpc) is 2.32. The summed E-state index contributed by atoms with van der Waals surface area (Å²) in [5.74, 6) is -4.00. The van der Waals surface area contributed by atoms with E-state index in [4.69, 9.17) is 0 Å². The van der Waals surface area contributed by atoms with Crippen LogP contribution in [0.1, 0.15) is 12.8 Å². The molecular weight excluding hydrogens is 267 g/mol. The first-order chi connectivity index (χ1) is 8.39. The predicted octanol–water partition coefficient (Wildman–Crippen LogP) is 2.09. The summed E-state index contributed by atoms with van der Waals surface area (Å²) in [5, 5.41) is 2.71. The number of hydrogen-bond acceptors (Lipinski definition) is 3. The molecule has 0 radical (unpaired) electrons. The van der Waals surface area contributed by atoms with Crippen molar-refractivity contribution in [3.05, 3.63) is 29.6 Å². The first-order valence-electron chi connectivity index (χ1n) is 5.49. The summed E-state index contributed by atoms with van der Waals surface area (Å²) in [5.41, 5.74) is -0.141. The Bertz CT molecular complexity index is 546. The Morgan fingerprint density at radius 1 is 1.06 bits per heavy atom. The van der Waals surface area contributed by atoms with Crippen molar-refractivity contribution in [1.29, 1.82) is 0 Å². The number of halogens is 3. The summed E-state index contributed by atoms with van der Waals surface area (Å²) in [4.78, 5) is 0. The van der Waals surface area contributed by atoms with Crippen LogP contribution in [0.15, 0.2) is 12.1 Å². The highest BCUT2D eigenvalue weighted by molar-refractivity contribution is 7.91. The van der Waals surface area contributed by atoms with Crippen LogP contribution in [-0.4, -0.2) is 26.0 Å². The van der Waals surface area contributed by atoms with Gasteiger partial charge in [-0.1, -0.05) is 0 Å². The molecule has 1 fully saturated rings. The van der Waals surface area contributed by atoms with Gasteiger partial charge in [-0.2, -0.15) is 0 Å². The molecule has 0 bridgehead atoms. The van der Waals surface area contributed by atoms with Gasteiger partial charge in [0.15, 0.2) is 17.5 Å². The molecule has 100 valence electrons. The van der Waals surface area contributed by atoms with Crippen molar-refractivity contribution < 1.29 is 21.6 Å². The molecule has 0 unspecified atom stereocenters. The standard InChI is InChI=1S/C11H12F3NO2S/c12-8-1-2-9(11(14)10(8)13)15-7-3-5-18(16,17)6-4-7/h1-2,7,15H,3-6H2. The molecule has 0 spiro atoms. The maximum atomic E-state index is 13.4. The van der Waals surface area contributed by atoms with Crippen molar-refractivity contribution >= 4 is 15.5 Å². The molecule has 1 aromatic rings. The molecular formula is C11H12F3NO2S. The fourth-order valence-electron chi connectivity index (χ4n) is 1.89. The maximum absolute atomic E-state index is 13.4. The van der Waals surface area contributed by atoms with E-state index in [0.717, 1.165) is 12.1 Å². The van der Waals surface area contributed by atoms with E-state index in [2.05, 4.69) is 5.32 Å². The van der Waals surface area contributed by atoms with Crippen LogP contribution in [0.4, 0.5) is 18.9 Å². The first-order valence-corrected chi connectivity index (χ1v) is 7.31. The van der Waals surface area contributed by atoms with Gasteiger partial charge in [0.05, 0.1) is 17.2 Å². The second kappa shape index (κ2) is 4.79. The summed E-state index contributed by atoms with van der Waals surface area (Å²) in [7, 11) is -3.00. The number of nitrogens with one attached hydrogen (secondary N) is 1. The summed E-state index contributed by atoms with van der Waals surface area (Å²) >= 11 is 0. The Balaban J connectivity index is 2.09. The highest BCUT2D eigenvalue weighted by atomic mass is 32.2. The van der Waals surface area contributed by atoms with Crippen LogP contribution < -0.4 is 5.32 Å². The maximum Gasteiger partial charge on any atom is 0.196 e. The van der Waals surface area contributed by atoms with E-state index in [1.54, 1.807) is 0 Å². The Morgan fingerprint density at radius 3 is 2.28 bits per heavy atom. The van der Waals surface area contributed by atoms with E-state index in [1.165, 1.54) is 0 Å². The Kier molecular flexibility index (Phi) is 3.52. The van der Waals surface area contributed by atoms with E-state index in [9.17, 15) is 21.6 Å². The van der Waals surface area contributed by atoms with Gasteiger partial charge in [0.2, 0.25) is 0 Å². The quantitative estimate of drug-likeness (QED) is 0.843. The fourth-order valence-corrected chi connectivity index (χ4v) is 3.38. The lowest BCUT2D eigenvalue weighted by atomic mass is 10.1. The Labute approximate surface area is 103 Å². The number of sulfone groups is 1. The SMILES string of the molecule is O=S1(=O)CCC(Nc2ccc(F)c(F)c2F)CC1. The molecule has 18 heavy (non-hydrogen) atoms. The van der Waals surface area contributed by atoms with Crippen molar-refractivity contribution in [3.63, 3.8) is 0 Å². The lowest BCUT2D eigenvalue weighted by Gasteiger charge is -2.24. The highest BCUT2D eigenvalue weighted by Crippen LogP contribution is 2.23. The zero-order valence-corrected chi connectivity index (χ0v) is 10.2. The van der Waals surface area contributed by atoms with Crippen molar-refractivity contribution in [3.8, 4) is 0 Å². The van der Waals surface area contributed by atoms with Gasteiger partial charge >= 0.3 is 0 Å². The zero-order valence-electron chi connectivity index (χ0n) is 9.42. The molecule has 1 saturated heterocycles.